The lowest BCUT2D eigenvalue weighted by Gasteiger charge is -2.10. The first kappa shape index (κ1) is 14.8. The molecule has 1 aromatic heterocycles. The van der Waals surface area contributed by atoms with Crippen molar-refractivity contribution in [3.8, 4) is 5.75 Å². The van der Waals surface area contributed by atoms with Crippen molar-refractivity contribution >= 4 is 11.0 Å². The summed E-state index contributed by atoms with van der Waals surface area (Å²) in [5, 5.41) is 9.22. The molecule has 5 nitrogen and oxygen atoms in total. The second-order valence-electron chi connectivity index (χ2n) is 5.11. The van der Waals surface area contributed by atoms with E-state index in [0.29, 0.717) is 13.1 Å². The van der Waals surface area contributed by atoms with Crippen LogP contribution in [0.5, 0.6) is 5.75 Å². The summed E-state index contributed by atoms with van der Waals surface area (Å²) >= 11 is 0. The van der Waals surface area contributed by atoms with Crippen molar-refractivity contribution in [1.82, 2.24) is 9.55 Å². The molecule has 0 amide bonds. The van der Waals surface area contributed by atoms with Gasteiger partial charge in [0.05, 0.1) is 23.7 Å². The molecule has 0 aliphatic rings. The number of benzene rings is 1. The summed E-state index contributed by atoms with van der Waals surface area (Å²) in [6.07, 6.45) is 1.86. The number of hydrogen-bond acceptors (Lipinski definition) is 4. The van der Waals surface area contributed by atoms with E-state index in [2.05, 4.69) is 9.55 Å². The summed E-state index contributed by atoms with van der Waals surface area (Å²) < 4.78 is 7.75. The fourth-order valence-electron chi connectivity index (χ4n) is 2.31. The van der Waals surface area contributed by atoms with Crippen LogP contribution < -0.4 is 10.5 Å². The van der Waals surface area contributed by atoms with Gasteiger partial charge in [-0.2, -0.15) is 0 Å². The molecular formula is C15H23N3O2. The minimum Gasteiger partial charge on any atom is -0.491 e. The number of hydrogen-bond donors (Lipinski definition) is 2. The molecule has 110 valence electrons. The zero-order valence-electron chi connectivity index (χ0n) is 12.2. The van der Waals surface area contributed by atoms with Gasteiger partial charge < -0.3 is 20.1 Å². The van der Waals surface area contributed by atoms with Crippen LogP contribution in [0.15, 0.2) is 18.2 Å². The van der Waals surface area contributed by atoms with Gasteiger partial charge in [-0.15, -0.1) is 0 Å². The Morgan fingerprint density at radius 1 is 1.40 bits per heavy atom. The number of imidazole rings is 1. The maximum absolute atomic E-state index is 9.22. The predicted molar refractivity (Wildman–Crippen MR) is 80.0 cm³/mol. The molecule has 2 aromatic rings. The first-order valence-corrected chi connectivity index (χ1v) is 7.12. The molecule has 3 N–H and O–H groups in total. The minimum atomic E-state index is 0.103. The second-order valence-corrected chi connectivity index (χ2v) is 5.11. The van der Waals surface area contributed by atoms with E-state index in [1.165, 1.54) is 0 Å². The highest BCUT2D eigenvalue weighted by molar-refractivity contribution is 5.77. The van der Waals surface area contributed by atoms with Gasteiger partial charge >= 0.3 is 0 Å². The van der Waals surface area contributed by atoms with Crippen LogP contribution in [0.4, 0.5) is 0 Å². The van der Waals surface area contributed by atoms with Crippen molar-refractivity contribution < 1.29 is 9.84 Å². The highest BCUT2D eigenvalue weighted by atomic mass is 16.5. The average Bonchev–Trinajstić information content (AvgIpc) is 2.73. The molecule has 0 atom stereocenters. The fourth-order valence-corrected chi connectivity index (χ4v) is 2.31. The van der Waals surface area contributed by atoms with Gasteiger partial charge in [-0.1, -0.05) is 0 Å². The fraction of sp³-hybridized carbons (Fsp3) is 0.533. The molecule has 0 unspecified atom stereocenters. The highest BCUT2D eigenvalue weighted by Crippen LogP contribution is 2.23. The summed E-state index contributed by atoms with van der Waals surface area (Å²) in [5.74, 6) is 1.80. The van der Waals surface area contributed by atoms with Gasteiger partial charge in [0.25, 0.3) is 0 Å². The number of nitrogens with two attached hydrogens (primary N) is 1. The van der Waals surface area contributed by atoms with Crippen LogP contribution in [0.1, 0.15) is 26.1 Å². The van der Waals surface area contributed by atoms with Gasteiger partial charge in [0.2, 0.25) is 0 Å². The molecule has 0 saturated carbocycles. The normalized spacial score (nSPS) is 11.4. The summed E-state index contributed by atoms with van der Waals surface area (Å²) in [5.41, 5.74) is 7.50. The third-order valence-electron chi connectivity index (χ3n) is 3.10. The summed E-state index contributed by atoms with van der Waals surface area (Å²) in [4.78, 5) is 4.65. The van der Waals surface area contributed by atoms with Crippen molar-refractivity contribution in [3.63, 3.8) is 0 Å². The van der Waals surface area contributed by atoms with Crippen molar-refractivity contribution in [2.75, 3.05) is 13.2 Å². The Bertz CT molecular complexity index is 563. The van der Waals surface area contributed by atoms with E-state index in [1.807, 2.05) is 32.0 Å². The molecule has 0 fully saturated rings. The number of nitrogens with zero attached hydrogens (tertiary/aromatic N) is 2. The Hall–Kier alpha value is -1.59. The molecule has 0 radical (unpaired) electrons. The van der Waals surface area contributed by atoms with Crippen LogP contribution in [0.2, 0.25) is 0 Å². The minimum absolute atomic E-state index is 0.103. The number of aryl methyl sites for hydroxylation is 1. The number of aliphatic hydroxyl groups is 1. The SMILES string of the molecule is CC(C)Oc1ccc2c(c1)nc(CCCN)n2CCO. The van der Waals surface area contributed by atoms with Crippen LogP contribution in [-0.2, 0) is 13.0 Å². The Morgan fingerprint density at radius 2 is 2.20 bits per heavy atom. The lowest BCUT2D eigenvalue weighted by Crippen LogP contribution is -2.09. The summed E-state index contributed by atoms with van der Waals surface area (Å²) in [6.45, 7) is 5.30. The maximum Gasteiger partial charge on any atom is 0.121 e. The molecule has 0 aliphatic heterocycles. The lowest BCUT2D eigenvalue weighted by atomic mass is 10.3. The molecule has 20 heavy (non-hydrogen) atoms. The number of fused-ring (bicyclic) bond motifs is 1. The van der Waals surface area contributed by atoms with E-state index in [0.717, 1.165) is 35.4 Å². The molecule has 2 rings (SSSR count). The molecule has 1 heterocycles. The maximum atomic E-state index is 9.22. The summed E-state index contributed by atoms with van der Waals surface area (Å²) in [6, 6.07) is 5.90. The van der Waals surface area contributed by atoms with E-state index < -0.39 is 0 Å². The number of ether oxygens (including phenoxy) is 1. The lowest BCUT2D eigenvalue weighted by molar-refractivity contribution is 0.242. The van der Waals surface area contributed by atoms with Crippen LogP contribution in [0, 0.1) is 0 Å². The first-order valence-electron chi connectivity index (χ1n) is 7.12. The van der Waals surface area contributed by atoms with Gasteiger partial charge in [-0.25, -0.2) is 4.98 Å². The van der Waals surface area contributed by atoms with Crippen LogP contribution >= 0.6 is 0 Å². The van der Waals surface area contributed by atoms with Crippen molar-refractivity contribution in [1.29, 1.82) is 0 Å². The Morgan fingerprint density at radius 3 is 2.85 bits per heavy atom. The van der Waals surface area contributed by atoms with E-state index in [9.17, 15) is 5.11 Å². The zero-order chi connectivity index (χ0) is 14.5. The van der Waals surface area contributed by atoms with Gasteiger partial charge in [0.1, 0.15) is 11.6 Å². The molecule has 1 aromatic carbocycles. The molecule has 0 bridgehead atoms. The highest BCUT2D eigenvalue weighted by Gasteiger charge is 2.11. The van der Waals surface area contributed by atoms with Gasteiger partial charge in [0.15, 0.2) is 0 Å². The summed E-state index contributed by atoms with van der Waals surface area (Å²) in [7, 11) is 0. The van der Waals surface area contributed by atoms with E-state index in [-0.39, 0.29) is 12.7 Å². The van der Waals surface area contributed by atoms with Crippen molar-refractivity contribution in [2.24, 2.45) is 5.73 Å². The van der Waals surface area contributed by atoms with Gasteiger partial charge in [0, 0.05) is 19.0 Å². The topological polar surface area (TPSA) is 73.3 Å². The molecule has 0 spiro atoms. The largest absolute Gasteiger partial charge is 0.491 e. The number of rotatable bonds is 7. The van der Waals surface area contributed by atoms with Crippen LogP contribution in [0.3, 0.4) is 0 Å². The van der Waals surface area contributed by atoms with E-state index in [1.54, 1.807) is 0 Å². The first-order chi connectivity index (χ1) is 9.65. The van der Waals surface area contributed by atoms with Crippen molar-refractivity contribution in [2.45, 2.75) is 39.3 Å². The predicted octanol–water partition coefficient (Wildman–Crippen LogP) is 1.71. The Labute approximate surface area is 119 Å². The van der Waals surface area contributed by atoms with Gasteiger partial charge in [-0.05, 0) is 38.9 Å². The molecular weight excluding hydrogens is 254 g/mol. The molecule has 5 heteroatoms. The monoisotopic (exact) mass is 277 g/mol. The standard InChI is InChI=1S/C15H23N3O2/c1-11(2)20-12-5-6-14-13(10-12)17-15(4-3-7-16)18(14)8-9-19/h5-6,10-11,19H,3-4,7-9,16H2,1-2H3. The van der Waals surface area contributed by atoms with Crippen LogP contribution in [0.25, 0.3) is 11.0 Å². The quantitative estimate of drug-likeness (QED) is 0.808. The van der Waals surface area contributed by atoms with Crippen molar-refractivity contribution in [3.05, 3.63) is 24.0 Å². The zero-order valence-corrected chi connectivity index (χ0v) is 12.2. The Kier molecular flexibility index (Phi) is 4.98. The third kappa shape index (κ3) is 3.29. The third-order valence-corrected chi connectivity index (χ3v) is 3.10. The average molecular weight is 277 g/mol. The van der Waals surface area contributed by atoms with E-state index >= 15 is 0 Å². The van der Waals surface area contributed by atoms with E-state index in [4.69, 9.17) is 10.5 Å². The van der Waals surface area contributed by atoms with Gasteiger partial charge in [-0.3, -0.25) is 0 Å². The smallest absolute Gasteiger partial charge is 0.121 e. The number of aromatic nitrogens is 2. The second kappa shape index (κ2) is 6.72. The molecule has 0 saturated heterocycles. The molecule has 0 aliphatic carbocycles. The Balaban J connectivity index is 2.38. The van der Waals surface area contributed by atoms with Crippen LogP contribution in [-0.4, -0.2) is 33.9 Å². The number of aliphatic hydroxyl groups excluding tert-OH is 1.